The summed E-state index contributed by atoms with van der Waals surface area (Å²) in [5.74, 6) is 2.43. The van der Waals surface area contributed by atoms with Crippen LogP contribution in [0.15, 0.2) is 195 Å². The van der Waals surface area contributed by atoms with Gasteiger partial charge in [0, 0.05) is 61.3 Å². The number of rotatable bonds is 5. The Bertz CT molecular complexity index is 3310. The maximum Gasteiger partial charge on any atom is 0.185 e. The number of anilines is 3. The highest BCUT2D eigenvalue weighted by Crippen LogP contribution is 2.48. The number of imidazole rings is 1. The number of hydrogen-bond acceptors (Lipinski definition) is 5. The lowest BCUT2D eigenvalue weighted by molar-refractivity contribution is 0.490. The standard InChI is InChI=1S/C50H32N4OSSi/c1-3-15-34(16-4-1)57(35-17-5-2-6-18-35)45-24-12-10-22-41(45)54(46-25-13-14-28-51-46)42-32-43(47-38-20-8-11-23-44(38)56-48(47)49(42)57)55-33-26-27-36-37-19-7-9-21-40(37)53-30-29-52-50(53)39(36)31-33/h1-32H. The highest BCUT2D eigenvalue weighted by atomic mass is 32.1. The van der Waals surface area contributed by atoms with Gasteiger partial charge in [0.1, 0.15) is 23.0 Å². The minimum atomic E-state index is -3.00. The molecule has 0 unspecified atom stereocenters. The van der Waals surface area contributed by atoms with Crippen LogP contribution in [0.3, 0.4) is 0 Å². The van der Waals surface area contributed by atoms with Crippen LogP contribution in [0.4, 0.5) is 17.2 Å². The van der Waals surface area contributed by atoms with Crippen molar-refractivity contribution < 1.29 is 4.74 Å². The van der Waals surface area contributed by atoms with E-state index in [1.807, 2.05) is 36.0 Å². The lowest BCUT2D eigenvalue weighted by Crippen LogP contribution is -2.77. The first-order chi connectivity index (χ1) is 28.3. The van der Waals surface area contributed by atoms with Gasteiger partial charge in [-0.3, -0.25) is 9.30 Å². The van der Waals surface area contributed by atoms with E-state index in [2.05, 4.69) is 179 Å². The molecule has 0 N–H and O–H groups in total. The predicted molar refractivity (Wildman–Crippen MR) is 239 cm³/mol. The summed E-state index contributed by atoms with van der Waals surface area (Å²) in [6.45, 7) is 0. The van der Waals surface area contributed by atoms with Crippen LogP contribution in [-0.2, 0) is 0 Å². The van der Waals surface area contributed by atoms with E-state index >= 15 is 0 Å². The molecule has 57 heavy (non-hydrogen) atoms. The second-order valence-electron chi connectivity index (χ2n) is 14.5. The normalized spacial score (nSPS) is 13.4. The molecule has 0 fully saturated rings. The lowest BCUT2D eigenvalue weighted by Gasteiger charge is -2.45. The molecule has 0 bridgehead atoms. The van der Waals surface area contributed by atoms with E-state index in [0.29, 0.717) is 0 Å². The number of ether oxygens (including phenoxy) is 1. The molecular weight excluding hydrogens is 733 g/mol. The predicted octanol–water partition coefficient (Wildman–Crippen LogP) is 10.4. The Morgan fingerprint density at radius 1 is 0.544 bits per heavy atom. The van der Waals surface area contributed by atoms with Crippen molar-refractivity contribution in [3.63, 3.8) is 0 Å². The van der Waals surface area contributed by atoms with Gasteiger partial charge in [-0.15, -0.1) is 11.3 Å². The Balaban J connectivity index is 1.21. The zero-order valence-corrected chi connectivity index (χ0v) is 32.4. The Labute approximate surface area is 333 Å². The summed E-state index contributed by atoms with van der Waals surface area (Å²) < 4.78 is 11.9. The zero-order chi connectivity index (χ0) is 37.5. The Kier molecular flexibility index (Phi) is 7.05. The second kappa shape index (κ2) is 12.5. The fourth-order valence-corrected chi connectivity index (χ4v) is 16.3. The van der Waals surface area contributed by atoms with Crippen LogP contribution in [0.1, 0.15) is 0 Å². The van der Waals surface area contributed by atoms with Gasteiger partial charge in [-0.2, -0.15) is 0 Å². The number of pyridine rings is 2. The number of benzene rings is 7. The van der Waals surface area contributed by atoms with Crippen molar-refractivity contribution >= 4 is 105 Å². The molecule has 1 aliphatic rings. The van der Waals surface area contributed by atoms with Gasteiger partial charge in [-0.25, -0.2) is 9.97 Å². The Hall–Kier alpha value is -7.06. The summed E-state index contributed by atoms with van der Waals surface area (Å²) in [6.07, 6.45) is 5.80. The Morgan fingerprint density at radius 3 is 2.07 bits per heavy atom. The summed E-state index contributed by atoms with van der Waals surface area (Å²) in [7, 11) is -3.00. The fourth-order valence-electron chi connectivity index (χ4n) is 9.34. The number of thiophene rings is 1. The molecule has 0 atom stereocenters. The van der Waals surface area contributed by atoms with Crippen molar-refractivity contribution in [1.29, 1.82) is 0 Å². The van der Waals surface area contributed by atoms with Gasteiger partial charge in [0.2, 0.25) is 0 Å². The molecule has 5 heterocycles. The summed E-state index contributed by atoms with van der Waals surface area (Å²) in [5, 5.41) is 11.0. The summed E-state index contributed by atoms with van der Waals surface area (Å²) in [5.41, 5.74) is 4.26. The monoisotopic (exact) mass is 764 g/mol. The molecule has 0 saturated carbocycles. The van der Waals surface area contributed by atoms with E-state index in [1.165, 1.54) is 40.9 Å². The van der Waals surface area contributed by atoms with Crippen LogP contribution in [0.25, 0.3) is 47.5 Å². The highest BCUT2D eigenvalue weighted by Gasteiger charge is 2.51. The Morgan fingerprint density at radius 2 is 1.26 bits per heavy atom. The second-order valence-corrected chi connectivity index (χ2v) is 19.3. The number of fused-ring (bicyclic) bond motifs is 12. The van der Waals surface area contributed by atoms with E-state index in [0.717, 1.165) is 56.0 Å². The van der Waals surface area contributed by atoms with Gasteiger partial charge >= 0.3 is 0 Å². The molecule has 4 aromatic heterocycles. The van der Waals surface area contributed by atoms with Gasteiger partial charge in [0.15, 0.2) is 8.07 Å². The largest absolute Gasteiger partial charge is 0.457 e. The van der Waals surface area contributed by atoms with Crippen molar-refractivity contribution in [3.8, 4) is 11.5 Å². The third kappa shape index (κ3) is 4.61. The molecule has 12 rings (SSSR count). The highest BCUT2D eigenvalue weighted by molar-refractivity contribution is 7.31. The lowest BCUT2D eigenvalue weighted by atomic mass is 10.1. The first kappa shape index (κ1) is 32.2. The zero-order valence-electron chi connectivity index (χ0n) is 30.6. The molecule has 0 aliphatic carbocycles. The number of para-hydroxylation sites is 2. The first-order valence-electron chi connectivity index (χ1n) is 19.1. The maximum absolute atomic E-state index is 7.26. The van der Waals surface area contributed by atoms with Crippen LogP contribution >= 0.6 is 11.3 Å². The van der Waals surface area contributed by atoms with Crippen molar-refractivity contribution in [2.45, 2.75) is 0 Å². The minimum Gasteiger partial charge on any atom is -0.457 e. The number of nitrogens with zero attached hydrogens (tertiary/aromatic N) is 4. The molecule has 7 aromatic carbocycles. The van der Waals surface area contributed by atoms with Crippen LogP contribution in [0, 0.1) is 0 Å². The number of hydrogen-bond donors (Lipinski definition) is 0. The molecule has 7 heteroatoms. The van der Waals surface area contributed by atoms with Crippen molar-refractivity contribution in [2.75, 3.05) is 4.90 Å². The van der Waals surface area contributed by atoms with Gasteiger partial charge in [-0.05, 0) is 74.7 Å². The fraction of sp³-hybridized carbons (Fsp3) is 0. The van der Waals surface area contributed by atoms with Crippen LogP contribution in [0.5, 0.6) is 11.5 Å². The summed E-state index contributed by atoms with van der Waals surface area (Å²) in [6, 6.07) is 63.6. The van der Waals surface area contributed by atoms with Crippen molar-refractivity contribution in [1.82, 2.24) is 14.4 Å². The van der Waals surface area contributed by atoms with E-state index in [1.54, 1.807) is 0 Å². The smallest absolute Gasteiger partial charge is 0.185 e. The molecule has 268 valence electrons. The summed E-state index contributed by atoms with van der Waals surface area (Å²) in [4.78, 5) is 12.2. The van der Waals surface area contributed by atoms with E-state index in [-0.39, 0.29) is 0 Å². The quantitative estimate of drug-likeness (QED) is 0.129. The van der Waals surface area contributed by atoms with Gasteiger partial charge < -0.3 is 4.74 Å². The van der Waals surface area contributed by atoms with E-state index in [9.17, 15) is 0 Å². The van der Waals surface area contributed by atoms with Gasteiger partial charge in [0.05, 0.1) is 11.2 Å². The van der Waals surface area contributed by atoms with Gasteiger partial charge in [0.25, 0.3) is 0 Å². The number of aromatic nitrogens is 3. The minimum absolute atomic E-state index is 0.759. The van der Waals surface area contributed by atoms with Crippen molar-refractivity contribution in [2.24, 2.45) is 0 Å². The van der Waals surface area contributed by atoms with E-state index < -0.39 is 8.07 Å². The average molecular weight is 765 g/mol. The average Bonchev–Trinajstić information content (AvgIpc) is 3.93. The third-order valence-electron chi connectivity index (χ3n) is 11.6. The molecule has 0 spiro atoms. The first-order valence-corrected chi connectivity index (χ1v) is 22.0. The molecule has 1 aliphatic heterocycles. The SMILES string of the molecule is c1ccc([Si]2(c3ccccc3)c3ccccc3N(c3ccccn3)c3cc(Oc4ccc5c6ccccc6n6ccnc6c5c4)c4c(sc5ccccc54)c32)cc1. The molecule has 0 amide bonds. The third-order valence-corrected chi connectivity index (χ3v) is 17.9. The molecular formula is C50H32N4OSSi. The van der Waals surface area contributed by atoms with Gasteiger partial charge in [-0.1, -0.05) is 121 Å². The van der Waals surface area contributed by atoms with Crippen molar-refractivity contribution in [3.05, 3.63) is 195 Å². The van der Waals surface area contributed by atoms with Crippen LogP contribution in [0.2, 0.25) is 0 Å². The molecule has 5 nitrogen and oxygen atoms in total. The van der Waals surface area contributed by atoms with Crippen LogP contribution < -0.4 is 30.4 Å². The summed E-state index contributed by atoms with van der Waals surface area (Å²) >= 11 is 1.87. The molecule has 0 radical (unpaired) electrons. The maximum atomic E-state index is 7.26. The van der Waals surface area contributed by atoms with Crippen LogP contribution in [-0.4, -0.2) is 22.4 Å². The van der Waals surface area contributed by atoms with E-state index in [4.69, 9.17) is 14.7 Å². The molecule has 11 aromatic rings. The molecule has 0 saturated heterocycles. The topological polar surface area (TPSA) is 42.7 Å².